The van der Waals surface area contributed by atoms with Crippen LogP contribution in [0.25, 0.3) is 21.9 Å². The molecule has 0 aliphatic heterocycles. The van der Waals surface area contributed by atoms with Gasteiger partial charge in [0.15, 0.2) is 0 Å². The number of rotatable bonds is 5. The number of ether oxygens (including phenoxy) is 1. The average Bonchev–Trinajstić information content (AvgIpc) is 2.83. The summed E-state index contributed by atoms with van der Waals surface area (Å²) in [5.41, 5.74) is 3.02. The van der Waals surface area contributed by atoms with E-state index in [0.29, 0.717) is 12.5 Å². The van der Waals surface area contributed by atoms with Crippen molar-refractivity contribution in [2.45, 2.75) is 13.0 Å². The highest BCUT2D eigenvalue weighted by molar-refractivity contribution is 6.18. The molecule has 0 radical (unpaired) electrons. The van der Waals surface area contributed by atoms with E-state index in [4.69, 9.17) is 16.3 Å². The van der Waals surface area contributed by atoms with Gasteiger partial charge in [-0.15, -0.1) is 11.6 Å². The SMILES string of the molecule is COCCn1c(CCCl)nc2cnc3ccccc3c21. The number of fused-ring (bicyclic) bond motifs is 3. The van der Waals surface area contributed by atoms with Crippen molar-refractivity contribution in [2.24, 2.45) is 0 Å². The van der Waals surface area contributed by atoms with Crippen LogP contribution in [0.3, 0.4) is 0 Å². The quantitative estimate of drug-likeness (QED) is 0.678. The molecule has 0 aliphatic carbocycles. The molecule has 0 fully saturated rings. The molecule has 20 heavy (non-hydrogen) atoms. The van der Waals surface area contributed by atoms with Crippen LogP contribution >= 0.6 is 11.6 Å². The maximum absolute atomic E-state index is 5.89. The van der Waals surface area contributed by atoms with Gasteiger partial charge in [0.05, 0.1) is 23.8 Å². The van der Waals surface area contributed by atoms with E-state index in [1.54, 1.807) is 7.11 Å². The molecule has 0 spiro atoms. The van der Waals surface area contributed by atoms with Crippen molar-refractivity contribution >= 4 is 33.5 Å². The molecular weight excluding hydrogens is 274 g/mol. The molecule has 0 bridgehead atoms. The van der Waals surface area contributed by atoms with E-state index in [-0.39, 0.29) is 0 Å². The van der Waals surface area contributed by atoms with Gasteiger partial charge in [0.25, 0.3) is 0 Å². The van der Waals surface area contributed by atoms with Gasteiger partial charge in [-0.3, -0.25) is 4.98 Å². The summed E-state index contributed by atoms with van der Waals surface area (Å²) in [6.45, 7) is 1.42. The second-order valence-corrected chi connectivity index (χ2v) is 5.00. The number of alkyl halides is 1. The lowest BCUT2D eigenvalue weighted by molar-refractivity contribution is 0.187. The summed E-state index contributed by atoms with van der Waals surface area (Å²) in [6, 6.07) is 8.12. The van der Waals surface area contributed by atoms with Crippen LogP contribution < -0.4 is 0 Å². The third kappa shape index (κ3) is 2.25. The third-order valence-electron chi connectivity index (χ3n) is 3.40. The fourth-order valence-electron chi connectivity index (χ4n) is 2.51. The number of aromatic nitrogens is 3. The molecule has 2 heterocycles. The summed E-state index contributed by atoms with van der Waals surface area (Å²) in [6.07, 6.45) is 2.58. The van der Waals surface area contributed by atoms with Gasteiger partial charge in [0, 0.05) is 31.3 Å². The van der Waals surface area contributed by atoms with E-state index in [9.17, 15) is 0 Å². The summed E-state index contributed by atoms with van der Waals surface area (Å²) in [5.74, 6) is 1.55. The lowest BCUT2D eigenvalue weighted by Crippen LogP contribution is -2.09. The summed E-state index contributed by atoms with van der Waals surface area (Å²) >= 11 is 5.89. The van der Waals surface area contributed by atoms with Gasteiger partial charge in [0.2, 0.25) is 0 Å². The molecule has 104 valence electrons. The molecule has 0 saturated heterocycles. The number of pyridine rings is 1. The number of nitrogens with zero attached hydrogens (tertiary/aromatic N) is 3. The molecular formula is C15H16ClN3O. The first-order valence-electron chi connectivity index (χ1n) is 6.63. The molecule has 3 aromatic rings. The Kier molecular flexibility index (Phi) is 3.85. The Morgan fingerprint density at radius 1 is 1.25 bits per heavy atom. The highest BCUT2D eigenvalue weighted by atomic mass is 35.5. The molecule has 5 heteroatoms. The Bertz CT molecular complexity index is 738. The van der Waals surface area contributed by atoms with Gasteiger partial charge in [-0.2, -0.15) is 0 Å². The highest BCUT2D eigenvalue weighted by Gasteiger charge is 2.13. The Balaban J connectivity index is 2.27. The number of hydrogen-bond donors (Lipinski definition) is 0. The van der Waals surface area contributed by atoms with Gasteiger partial charge in [-0.25, -0.2) is 4.98 Å². The van der Waals surface area contributed by atoms with E-state index < -0.39 is 0 Å². The van der Waals surface area contributed by atoms with Crippen LogP contribution in [0.5, 0.6) is 0 Å². The summed E-state index contributed by atoms with van der Waals surface area (Å²) in [5, 5.41) is 1.12. The van der Waals surface area contributed by atoms with Crippen molar-refractivity contribution in [3.63, 3.8) is 0 Å². The van der Waals surface area contributed by atoms with Crippen LogP contribution in [0.4, 0.5) is 0 Å². The monoisotopic (exact) mass is 289 g/mol. The molecule has 0 atom stereocenters. The molecule has 0 N–H and O–H groups in total. The van der Waals surface area contributed by atoms with Crippen LogP contribution in [0.2, 0.25) is 0 Å². The zero-order chi connectivity index (χ0) is 13.9. The zero-order valence-electron chi connectivity index (χ0n) is 11.3. The van der Waals surface area contributed by atoms with Crippen molar-refractivity contribution in [1.82, 2.24) is 14.5 Å². The summed E-state index contributed by atoms with van der Waals surface area (Å²) < 4.78 is 7.41. The van der Waals surface area contributed by atoms with E-state index in [1.807, 2.05) is 24.4 Å². The Morgan fingerprint density at radius 2 is 2.10 bits per heavy atom. The van der Waals surface area contributed by atoms with E-state index in [0.717, 1.165) is 40.7 Å². The van der Waals surface area contributed by atoms with Crippen LogP contribution in [0.1, 0.15) is 5.82 Å². The van der Waals surface area contributed by atoms with E-state index in [2.05, 4.69) is 20.6 Å². The largest absolute Gasteiger partial charge is 0.383 e. The highest BCUT2D eigenvalue weighted by Crippen LogP contribution is 2.25. The van der Waals surface area contributed by atoms with Crippen LogP contribution in [-0.2, 0) is 17.7 Å². The lowest BCUT2D eigenvalue weighted by atomic mass is 10.2. The molecule has 1 aromatic carbocycles. The van der Waals surface area contributed by atoms with Gasteiger partial charge in [0.1, 0.15) is 11.3 Å². The Labute approximate surface area is 122 Å². The van der Waals surface area contributed by atoms with Gasteiger partial charge >= 0.3 is 0 Å². The summed E-state index contributed by atoms with van der Waals surface area (Å²) in [7, 11) is 1.71. The fourth-order valence-corrected chi connectivity index (χ4v) is 2.68. The molecule has 3 rings (SSSR count). The summed E-state index contributed by atoms with van der Waals surface area (Å²) in [4.78, 5) is 9.13. The predicted molar refractivity (Wildman–Crippen MR) is 81.3 cm³/mol. The standard InChI is InChI=1S/C15H16ClN3O/c1-20-9-8-19-14(6-7-16)18-13-10-17-12-5-3-2-4-11(12)15(13)19/h2-5,10H,6-9H2,1H3. The Hall–Kier alpha value is -1.65. The average molecular weight is 290 g/mol. The molecule has 0 unspecified atom stereocenters. The minimum absolute atomic E-state index is 0.557. The number of para-hydroxylation sites is 1. The first-order chi connectivity index (χ1) is 9.85. The van der Waals surface area contributed by atoms with Crippen molar-refractivity contribution in [3.05, 3.63) is 36.3 Å². The number of hydrogen-bond acceptors (Lipinski definition) is 3. The zero-order valence-corrected chi connectivity index (χ0v) is 12.1. The van der Waals surface area contributed by atoms with Crippen molar-refractivity contribution in [2.75, 3.05) is 19.6 Å². The van der Waals surface area contributed by atoms with Gasteiger partial charge in [-0.1, -0.05) is 18.2 Å². The number of imidazole rings is 1. The molecule has 2 aromatic heterocycles. The maximum atomic E-state index is 5.89. The molecule has 4 nitrogen and oxygen atoms in total. The number of methoxy groups -OCH3 is 1. The fraction of sp³-hybridized carbons (Fsp3) is 0.333. The first-order valence-corrected chi connectivity index (χ1v) is 7.16. The minimum atomic E-state index is 0.557. The lowest BCUT2D eigenvalue weighted by Gasteiger charge is -2.09. The minimum Gasteiger partial charge on any atom is -0.383 e. The van der Waals surface area contributed by atoms with Gasteiger partial charge < -0.3 is 9.30 Å². The molecule has 0 amide bonds. The number of benzene rings is 1. The van der Waals surface area contributed by atoms with Crippen molar-refractivity contribution < 1.29 is 4.74 Å². The van der Waals surface area contributed by atoms with E-state index in [1.165, 1.54) is 0 Å². The second kappa shape index (κ2) is 5.77. The van der Waals surface area contributed by atoms with Crippen LogP contribution in [0.15, 0.2) is 30.5 Å². The normalized spacial score (nSPS) is 11.5. The van der Waals surface area contributed by atoms with Crippen molar-refractivity contribution in [1.29, 1.82) is 0 Å². The smallest absolute Gasteiger partial charge is 0.111 e. The topological polar surface area (TPSA) is 39.9 Å². The third-order valence-corrected chi connectivity index (χ3v) is 3.58. The predicted octanol–water partition coefficient (Wildman–Crippen LogP) is 3.01. The van der Waals surface area contributed by atoms with Crippen LogP contribution in [0, 0.1) is 0 Å². The Morgan fingerprint density at radius 3 is 2.90 bits per heavy atom. The first kappa shape index (κ1) is 13.3. The molecule has 0 saturated carbocycles. The number of halogens is 1. The second-order valence-electron chi connectivity index (χ2n) is 4.62. The maximum Gasteiger partial charge on any atom is 0.111 e. The van der Waals surface area contributed by atoms with Crippen LogP contribution in [-0.4, -0.2) is 34.1 Å². The number of aryl methyl sites for hydroxylation is 1. The van der Waals surface area contributed by atoms with Gasteiger partial charge in [-0.05, 0) is 6.07 Å². The molecule has 0 aliphatic rings. The van der Waals surface area contributed by atoms with E-state index >= 15 is 0 Å². The van der Waals surface area contributed by atoms with Crippen molar-refractivity contribution in [3.8, 4) is 0 Å².